The van der Waals surface area contributed by atoms with E-state index in [-0.39, 0.29) is 0 Å². The van der Waals surface area contributed by atoms with Crippen LogP contribution in [0.15, 0.2) is 28.6 Å². The van der Waals surface area contributed by atoms with Gasteiger partial charge in [0, 0.05) is 21.3 Å². The predicted molar refractivity (Wildman–Crippen MR) is 60.6 cm³/mol. The topological polar surface area (TPSA) is 49.3 Å². The molecule has 1 atom stereocenters. The first kappa shape index (κ1) is 11.4. The molecule has 0 saturated heterocycles. The zero-order valence-electron chi connectivity index (χ0n) is 7.37. The van der Waals surface area contributed by atoms with Gasteiger partial charge in [0.1, 0.15) is 6.04 Å². The third kappa shape index (κ3) is 2.94. The Bertz CT molecular complexity index is 337. The van der Waals surface area contributed by atoms with E-state index >= 15 is 0 Å². The molecule has 0 radical (unpaired) electrons. The third-order valence-corrected chi connectivity index (χ3v) is 3.34. The normalized spacial score (nSPS) is 12.4. The standard InChI is InChI=1S/C9H10BrNO2S/c1-2-3-11-8(9(12)13)7-4-6(10)5-14-7/h2,4-5,8,11H,1,3H2,(H,12,13). The molecule has 0 spiro atoms. The van der Waals surface area contributed by atoms with Gasteiger partial charge in [0.2, 0.25) is 0 Å². The second kappa shape index (κ2) is 5.29. The summed E-state index contributed by atoms with van der Waals surface area (Å²) in [4.78, 5) is 11.7. The number of halogens is 1. The summed E-state index contributed by atoms with van der Waals surface area (Å²) in [6.07, 6.45) is 1.64. The molecule has 2 N–H and O–H groups in total. The number of carboxylic acid groups (broad SMARTS) is 1. The summed E-state index contributed by atoms with van der Waals surface area (Å²) < 4.78 is 0.907. The number of hydrogen-bond donors (Lipinski definition) is 2. The smallest absolute Gasteiger partial charge is 0.326 e. The summed E-state index contributed by atoms with van der Waals surface area (Å²) in [5, 5.41) is 13.7. The quantitative estimate of drug-likeness (QED) is 0.812. The van der Waals surface area contributed by atoms with Crippen LogP contribution in [-0.4, -0.2) is 17.6 Å². The molecule has 5 heteroatoms. The molecule has 0 fully saturated rings. The van der Waals surface area contributed by atoms with Crippen LogP contribution in [0.4, 0.5) is 0 Å². The van der Waals surface area contributed by atoms with Gasteiger partial charge in [-0.2, -0.15) is 0 Å². The van der Waals surface area contributed by atoms with E-state index < -0.39 is 12.0 Å². The SMILES string of the molecule is C=CCNC(C(=O)O)c1cc(Br)cs1. The highest BCUT2D eigenvalue weighted by Gasteiger charge is 2.19. The molecule has 0 aliphatic rings. The van der Waals surface area contributed by atoms with Gasteiger partial charge in [-0.3, -0.25) is 10.1 Å². The van der Waals surface area contributed by atoms with E-state index in [0.717, 1.165) is 9.35 Å². The van der Waals surface area contributed by atoms with Gasteiger partial charge in [-0.15, -0.1) is 17.9 Å². The van der Waals surface area contributed by atoms with Crippen LogP contribution < -0.4 is 5.32 Å². The highest BCUT2D eigenvalue weighted by molar-refractivity contribution is 9.10. The van der Waals surface area contributed by atoms with Crippen LogP contribution >= 0.6 is 27.3 Å². The second-order valence-electron chi connectivity index (χ2n) is 2.64. The first-order valence-electron chi connectivity index (χ1n) is 3.96. The number of carboxylic acids is 1. The Morgan fingerprint density at radius 1 is 1.86 bits per heavy atom. The molecular weight excluding hydrogens is 266 g/mol. The first-order valence-corrected chi connectivity index (χ1v) is 5.63. The third-order valence-electron chi connectivity index (χ3n) is 1.59. The van der Waals surface area contributed by atoms with E-state index in [0.29, 0.717) is 6.54 Å². The maximum atomic E-state index is 10.9. The molecule has 1 unspecified atom stereocenters. The van der Waals surface area contributed by atoms with Gasteiger partial charge in [0.15, 0.2) is 0 Å². The Morgan fingerprint density at radius 3 is 3.00 bits per heavy atom. The van der Waals surface area contributed by atoms with Gasteiger partial charge in [-0.1, -0.05) is 6.08 Å². The molecule has 0 aliphatic carbocycles. The van der Waals surface area contributed by atoms with Crippen LogP contribution in [0.2, 0.25) is 0 Å². The molecule has 0 aliphatic heterocycles. The fraction of sp³-hybridized carbons (Fsp3) is 0.222. The van der Waals surface area contributed by atoms with Gasteiger partial charge in [-0.25, -0.2) is 0 Å². The zero-order valence-corrected chi connectivity index (χ0v) is 9.77. The molecule has 76 valence electrons. The highest BCUT2D eigenvalue weighted by atomic mass is 79.9. The van der Waals surface area contributed by atoms with Crippen molar-refractivity contribution in [1.82, 2.24) is 5.32 Å². The average Bonchev–Trinajstić information content (AvgIpc) is 2.52. The van der Waals surface area contributed by atoms with Crippen LogP contribution in [0.3, 0.4) is 0 Å². The van der Waals surface area contributed by atoms with Crippen molar-refractivity contribution in [2.75, 3.05) is 6.54 Å². The van der Waals surface area contributed by atoms with E-state index in [1.54, 1.807) is 12.1 Å². The Hall–Kier alpha value is -0.650. The van der Waals surface area contributed by atoms with Crippen molar-refractivity contribution >= 4 is 33.2 Å². The lowest BCUT2D eigenvalue weighted by atomic mass is 10.2. The Kier molecular flexibility index (Phi) is 4.31. The Balaban J connectivity index is 2.77. The molecule has 0 amide bonds. The van der Waals surface area contributed by atoms with Crippen molar-refractivity contribution in [3.05, 3.63) is 33.5 Å². The number of thiophene rings is 1. The molecule has 1 heterocycles. The minimum absolute atomic E-state index is 0.479. The van der Waals surface area contributed by atoms with Crippen molar-refractivity contribution in [3.8, 4) is 0 Å². The highest BCUT2D eigenvalue weighted by Crippen LogP contribution is 2.25. The maximum Gasteiger partial charge on any atom is 0.326 e. The lowest BCUT2D eigenvalue weighted by Crippen LogP contribution is -2.27. The van der Waals surface area contributed by atoms with Crippen molar-refractivity contribution in [1.29, 1.82) is 0 Å². The van der Waals surface area contributed by atoms with E-state index in [1.165, 1.54) is 11.3 Å². The van der Waals surface area contributed by atoms with Gasteiger partial charge in [0.05, 0.1) is 0 Å². The molecule has 0 aromatic carbocycles. The molecule has 14 heavy (non-hydrogen) atoms. The number of nitrogens with one attached hydrogen (secondary N) is 1. The van der Waals surface area contributed by atoms with Crippen LogP contribution in [0, 0.1) is 0 Å². The number of hydrogen-bond acceptors (Lipinski definition) is 3. The van der Waals surface area contributed by atoms with Crippen molar-refractivity contribution < 1.29 is 9.90 Å². The van der Waals surface area contributed by atoms with Gasteiger partial charge in [-0.05, 0) is 22.0 Å². The molecular formula is C9H10BrNO2S. The van der Waals surface area contributed by atoms with Crippen LogP contribution in [-0.2, 0) is 4.79 Å². The zero-order chi connectivity index (χ0) is 10.6. The molecule has 0 bridgehead atoms. The van der Waals surface area contributed by atoms with Crippen molar-refractivity contribution in [2.24, 2.45) is 0 Å². The van der Waals surface area contributed by atoms with Crippen LogP contribution in [0.1, 0.15) is 10.9 Å². The lowest BCUT2D eigenvalue weighted by Gasteiger charge is -2.10. The van der Waals surface area contributed by atoms with Gasteiger partial charge in [0.25, 0.3) is 0 Å². The Morgan fingerprint density at radius 2 is 2.57 bits per heavy atom. The lowest BCUT2D eigenvalue weighted by molar-refractivity contribution is -0.139. The molecule has 1 aromatic heterocycles. The molecule has 1 rings (SSSR count). The average molecular weight is 276 g/mol. The fourth-order valence-electron chi connectivity index (χ4n) is 0.990. The summed E-state index contributed by atoms with van der Waals surface area (Å²) >= 11 is 4.70. The van der Waals surface area contributed by atoms with E-state index in [9.17, 15) is 4.79 Å². The van der Waals surface area contributed by atoms with Crippen molar-refractivity contribution in [3.63, 3.8) is 0 Å². The number of carbonyl (C=O) groups is 1. The fourth-order valence-corrected chi connectivity index (χ4v) is 2.50. The van der Waals surface area contributed by atoms with Gasteiger partial charge < -0.3 is 5.11 Å². The largest absolute Gasteiger partial charge is 0.480 e. The molecule has 0 saturated carbocycles. The summed E-state index contributed by atoms with van der Waals surface area (Å²) in [7, 11) is 0. The first-order chi connectivity index (χ1) is 6.65. The number of rotatable bonds is 5. The minimum atomic E-state index is -0.874. The Labute approximate surface area is 94.6 Å². The summed E-state index contributed by atoms with van der Waals surface area (Å²) in [6.45, 7) is 4.01. The predicted octanol–water partition coefficient (Wildman–Crippen LogP) is 2.41. The minimum Gasteiger partial charge on any atom is -0.480 e. The summed E-state index contributed by atoms with van der Waals surface area (Å²) in [5.74, 6) is -0.874. The van der Waals surface area contributed by atoms with E-state index in [1.807, 2.05) is 5.38 Å². The second-order valence-corrected chi connectivity index (χ2v) is 4.49. The van der Waals surface area contributed by atoms with E-state index in [2.05, 4.69) is 27.8 Å². The number of aliphatic carboxylic acids is 1. The summed E-state index contributed by atoms with van der Waals surface area (Å²) in [6, 6.07) is 1.16. The molecule has 1 aromatic rings. The monoisotopic (exact) mass is 275 g/mol. The van der Waals surface area contributed by atoms with Crippen LogP contribution in [0.5, 0.6) is 0 Å². The molecule has 3 nitrogen and oxygen atoms in total. The van der Waals surface area contributed by atoms with Crippen molar-refractivity contribution in [2.45, 2.75) is 6.04 Å². The van der Waals surface area contributed by atoms with Gasteiger partial charge >= 0.3 is 5.97 Å². The maximum absolute atomic E-state index is 10.9. The van der Waals surface area contributed by atoms with E-state index in [4.69, 9.17) is 5.11 Å². The summed E-state index contributed by atoms with van der Waals surface area (Å²) in [5.41, 5.74) is 0. The van der Waals surface area contributed by atoms with Crippen LogP contribution in [0.25, 0.3) is 0 Å².